The number of ether oxygens (including phenoxy) is 1. The molecule has 0 aromatic heterocycles. The normalized spacial score (nSPS) is 24.3. The van der Waals surface area contributed by atoms with Crippen molar-refractivity contribution in [2.75, 3.05) is 32.8 Å². The molecule has 1 aliphatic carbocycles. The van der Waals surface area contributed by atoms with Gasteiger partial charge in [-0.05, 0) is 75.1 Å². The molecule has 2 saturated heterocycles. The zero-order valence-corrected chi connectivity index (χ0v) is 18.4. The molecule has 0 bridgehead atoms. The second-order valence-corrected chi connectivity index (χ2v) is 9.11. The molecule has 2 fully saturated rings. The molecular formula is C24H39N3O3. The van der Waals surface area contributed by atoms with Gasteiger partial charge in [0.25, 0.3) is 0 Å². The number of amides is 2. The van der Waals surface area contributed by atoms with Gasteiger partial charge in [0.1, 0.15) is 0 Å². The van der Waals surface area contributed by atoms with E-state index in [9.17, 15) is 9.59 Å². The maximum atomic E-state index is 12.0. The average molecular weight is 418 g/mol. The summed E-state index contributed by atoms with van der Waals surface area (Å²) in [5.74, 6) is 0.0507. The first-order valence-corrected chi connectivity index (χ1v) is 11.5. The lowest BCUT2D eigenvalue weighted by Crippen LogP contribution is -2.52. The van der Waals surface area contributed by atoms with Crippen LogP contribution in [0.4, 0.5) is 4.79 Å². The van der Waals surface area contributed by atoms with Crippen LogP contribution in [-0.4, -0.2) is 60.6 Å². The number of carbonyl (C=O) groups excluding carboxylic acids is 2. The van der Waals surface area contributed by atoms with Gasteiger partial charge in [-0.1, -0.05) is 24.3 Å². The molecule has 168 valence electrons. The predicted molar refractivity (Wildman–Crippen MR) is 121 cm³/mol. The second-order valence-electron chi connectivity index (χ2n) is 9.11. The molecule has 1 N–H and O–H groups in total. The first-order chi connectivity index (χ1) is 14.5. The third-order valence-electron chi connectivity index (χ3n) is 7.46. The average Bonchev–Trinajstić information content (AvgIpc) is 2.77. The zero-order chi connectivity index (χ0) is 21.1. The number of benzene rings is 1. The Balaban J connectivity index is 0.00000181. The number of piperidine rings is 2. The quantitative estimate of drug-likeness (QED) is 0.804. The maximum Gasteiger partial charge on any atom is 0.409 e. The van der Waals surface area contributed by atoms with Crippen molar-refractivity contribution in [1.29, 1.82) is 0 Å². The summed E-state index contributed by atoms with van der Waals surface area (Å²) in [6.45, 7) is 7.73. The Kier molecular flexibility index (Phi) is 6.32. The standard InChI is InChI=1S/C24H35N3O3.2H2/c1-3-30-23(29)27-14-9-19(10-15-27)26-16-12-24(13-17-26)11-8-22(25-18(2)28)20-6-4-5-7-21(20)24;;/h4-7,19,22H,3,8-17H2,1-2H3,(H,25,28);2*1H/t22-;;/m0../s1. The number of likely N-dealkylation sites (tertiary alicyclic amines) is 2. The van der Waals surface area contributed by atoms with Gasteiger partial charge in [-0.2, -0.15) is 0 Å². The Bertz CT molecular complexity index is 776. The van der Waals surface area contributed by atoms with E-state index in [0.29, 0.717) is 12.6 Å². The second kappa shape index (κ2) is 8.96. The van der Waals surface area contributed by atoms with E-state index in [-0.39, 0.29) is 26.3 Å². The molecule has 6 nitrogen and oxygen atoms in total. The first kappa shape index (κ1) is 21.2. The molecule has 2 heterocycles. The molecule has 0 saturated carbocycles. The highest BCUT2D eigenvalue weighted by Crippen LogP contribution is 2.48. The van der Waals surface area contributed by atoms with E-state index in [0.717, 1.165) is 51.9 Å². The van der Waals surface area contributed by atoms with Crippen molar-refractivity contribution in [3.05, 3.63) is 35.4 Å². The van der Waals surface area contributed by atoms with Crippen molar-refractivity contribution in [2.45, 2.75) is 69.9 Å². The van der Waals surface area contributed by atoms with Gasteiger partial charge in [-0.15, -0.1) is 0 Å². The van der Waals surface area contributed by atoms with Gasteiger partial charge in [0.05, 0.1) is 12.6 Å². The van der Waals surface area contributed by atoms with Crippen molar-refractivity contribution in [3.8, 4) is 0 Å². The van der Waals surface area contributed by atoms with Gasteiger partial charge in [-0.25, -0.2) is 4.79 Å². The number of hydrogen-bond acceptors (Lipinski definition) is 4. The van der Waals surface area contributed by atoms with Gasteiger partial charge >= 0.3 is 6.09 Å². The van der Waals surface area contributed by atoms with Gasteiger partial charge in [0.2, 0.25) is 5.91 Å². The number of rotatable bonds is 3. The summed E-state index contributed by atoms with van der Waals surface area (Å²) in [5, 5.41) is 3.15. The molecule has 0 unspecified atom stereocenters. The van der Waals surface area contributed by atoms with Crippen LogP contribution in [0.5, 0.6) is 0 Å². The molecule has 1 aromatic carbocycles. The third kappa shape index (κ3) is 4.20. The van der Waals surface area contributed by atoms with Crippen molar-refractivity contribution in [1.82, 2.24) is 15.1 Å². The van der Waals surface area contributed by atoms with Gasteiger partial charge in [-0.3, -0.25) is 4.79 Å². The topological polar surface area (TPSA) is 61.9 Å². The first-order valence-electron chi connectivity index (χ1n) is 11.5. The van der Waals surface area contributed by atoms with Crippen LogP contribution in [0.15, 0.2) is 24.3 Å². The fourth-order valence-corrected chi connectivity index (χ4v) is 5.85. The van der Waals surface area contributed by atoms with Crippen molar-refractivity contribution in [3.63, 3.8) is 0 Å². The Morgan fingerprint density at radius 1 is 1.10 bits per heavy atom. The molecule has 3 aliphatic rings. The van der Waals surface area contributed by atoms with Crippen LogP contribution in [-0.2, 0) is 14.9 Å². The van der Waals surface area contributed by atoms with Crippen LogP contribution in [0.3, 0.4) is 0 Å². The number of nitrogens with zero attached hydrogens (tertiary/aromatic N) is 2. The summed E-state index contributed by atoms with van der Waals surface area (Å²) in [7, 11) is 0. The van der Waals surface area contributed by atoms with E-state index in [1.54, 1.807) is 6.92 Å². The van der Waals surface area contributed by atoms with Gasteiger partial charge in [0, 0.05) is 28.9 Å². The highest BCUT2D eigenvalue weighted by molar-refractivity contribution is 5.73. The van der Waals surface area contributed by atoms with Crippen LogP contribution in [0.1, 0.15) is 72.4 Å². The summed E-state index contributed by atoms with van der Waals surface area (Å²) in [6.07, 6.45) is 6.42. The SMILES string of the molecule is CCOC(=O)N1CCC(N2CCC3(CC[C@H](NC(C)=O)c4ccccc43)CC2)CC1.[HH].[HH]. The molecule has 1 spiro atoms. The van der Waals surface area contributed by atoms with E-state index in [1.807, 2.05) is 11.8 Å². The largest absolute Gasteiger partial charge is 0.450 e. The minimum Gasteiger partial charge on any atom is -0.450 e. The van der Waals surface area contributed by atoms with Crippen molar-refractivity contribution in [2.24, 2.45) is 0 Å². The predicted octanol–water partition coefficient (Wildman–Crippen LogP) is 4.10. The Morgan fingerprint density at radius 2 is 1.80 bits per heavy atom. The molecule has 1 atom stereocenters. The minimum absolute atomic E-state index is 0. The van der Waals surface area contributed by atoms with E-state index in [2.05, 4.69) is 34.5 Å². The highest BCUT2D eigenvalue weighted by atomic mass is 16.6. The van der Waals surface area contributed by atoms with Gasteiger partial charge in [0.15, 0.2) is 0 Å². The summed E-state index contributed by atoms with van der Waals surface area (Å²) < 4.78 is 5.15. The van der Waals surface area contributed by atoms with E-state index in [1.165, 1.54) is 24.0 Å². The Labute approximate surface area is 182 Å². The molecule has 30 heavy (non-hydrogen) atoms. The fourth-order valence-electron chi connectivity index (χ4n) is 5.85. The lowest BCUT2D eigenvalue weighted by Gasteiger charge is -2.49. The molecule has 2 aliphatic heterocycles. The van der Waals surface area contributed by atoms with Crippen molar-refractivity contribution >= 4 is 12.0 Å². The maximum absolute atomic E-state index is 12.0. The Hall–Kier alpha value is -2.08. The summed E-state index contributed by atoms with van der Waals surface area (Å²) >= 11 is 0. The molecule has 1 aromatic rings. The third-order valence-corrected chi connectivity index (χ3v) is 7.46. The highest BCUT2D eigenvalue weighted by Gasteiger charge is 2.43. The Morgan fingerprint density at radius 3 is 2.47 bits per heavy atom. The lowest BCUT2D eigenvalue weighted by molar-refractivity contribution is -0.119. The molecule has 6 heteroatoms. The minimum atomic E-state index is -0.166. The lowest BCUT2D eigenvalue weighted by atomic mass is 9.63. The van der Waals surface area contributed by atoms with Crippen LogP contribution in [0, 0.1) is 0 Å². The van der Waals surface area contributed by atoms with E-state index >= 15 is 0 Å². The molecular weight excluding hydrogens is 378 g/mol. The number of hydrogen-bond donors (Lipinski definition) is 1. The molecule has 2 amide bonds. The number of carbonyl (C=O) groups is 2. The van der Waals surface area contributed by atoms with Crippen LogP contribution in [0.2, 0.25) is 0 Å². The number of nitrogens with one attached hydrogen (secondary N) is 1. The van der Waals surface area contributed by atoms with Crippen LogP contribution in [0.25, 0.3) is 0 Å². The smallest absolute Gasteiger partial charge is 0.409 e. The summed E-state index contributed by atoms with van der Waals surface area (Å²) in [6, 6.07) is 9.45. The van der Waals surface area contributed by atoms with E-state index < -0.39 is 0 Å². The monoisotopic (exact) mass is 417 g/mol. The summed E-state index contributed by atoms with van der Waals surface area (Å²) in [4.78, 5) is 28.1. The van der Waals surface area contributed by atoms with Crippen LogP contribution >= 0.6 is 0 Å². The number of fused-ring (bicyclic) bond motifs is 2. The summed E-state index contributed by atoms with van der Waals surface area (Å²) in [5.41, 5.74) is 3.01. The van der Waals surface area contributed by atoms with Gasteiger partial charge < -0.3 is 19.9 Å². The zero-order valence-electron chi connectivity index (χ0n) is 18.4. The fraction of sp³-hybridized carbons (Fsp3) is 0.667. The van der Waals surface area contributed by atoms with E-state index in [4.69, 9.17) is 4.74 Å². The molecule has 0 radical (unpaired) electrons. The van der Waals surface area contributed by atoms with Crippen molar-refractivity contribution < 1.29 is 17.2 Å². The molecule has 4 rings (SSSR count). The van der Waals surface area contributed by atoms with Crippen LogP contribution < -0.4 is 5.32 Å².